The van der Waals surface area contributed by atoms with E-state index in [2.05, 4.69) is 6.58 Å². The van der Waals surface area contributed by atoms with Crippen molar-refractivity contribution in [3.63, 3.8) is 0 Å². The predicted molar refractivity (Wildman–Crippen MR) is 61.7 cm³/mol. The third-order valence-corrected chi connectivity index (χ3v) is 2.33. The Morgan fingerprint density at radius 2 is 2.12 bits per heavy atom. The monoisotopic (exact) mass is 220 g/mol. The highest BCUT2D eigenvalue weighted by Gasteiger charge is 2.18. The first kappa shape index (κ1) is 12.5. The van der Waals surface area contributed by atoms with Gasteiger partial charge in [0.15, 0.2) is 0 Å². The van der Waals surface area contributed by atoms with E-state index in [0.29, 0.717) is 0 Å². The minimum atomic E-state index is -0.696. The van der Waals surface area contributed by atoms with Crippen LogP contribution >= 0.6 is 0 Å². The van der Waals surface area contributed by atoms with Crippen LogP contribution < -0.4 is 0 Å². The van der Waals surface area contributed by atoms with E-state index in [1.165, 1.54) is 6.92 Å². The molecule has 0 saturated heterocycles. The molecule has 0 spiro atoms. The van der Waals surface area contributed by atoms with Gasteiger partial charge < -0.3 is 9.84 Å². The molecule has 1 aromatic rings. The lowest BCUT2D eigenvalue weighted by molar-refractivity contribution is -0.142. The first-order chi connectivity index (χ1) is 7.65. The van der Waals surface area contributed by atoms with Crippen LogP contribution in [0.4, 0.5) is 0 Å². The number of hydrogen-bond donors (Lipinski definition) is 1. The summed E-state index contributed by atoms with van der Waals surface area (Å²) in [7, 11) is 0. The smallest absolute Gasteiger partial charge is 0.302 e. The van der Waals surface area contributed by atoms with Crippen LogP contribution in [-0.2, 0) is 9.53 Å². The largest absolute Gasteiger partial charge is 0.465 e. The minimum Gasteiger partial charge on any atom is -0.465 e. The Morgan fingerprint density at radius 1 is 1.50 bits per heavy atom. The quantitative estimate of drug-likeness (QED) is 0.610. The van der Waals surface area contributed by atoms with Gasteiger partial charge in [-0.05, 0) is 5.56 Å². The molecule has 0 heterocycles. The van der Waals surface area contributed by atoms with Crippen LogP contribution in [0.15, 0.2) is 43.0 Å². The van der Waals surface area contributed by atoms with Gasteiger partial charge >= 0.3 is 5.97 Å². The summed E-state index contributed by atoms with van der Waals surface area (Å²) in [5.74, 6) is -0.640. The summed E-state index contributed by atoms with van der Waals surface area (Å²) in [4.78, 5) is 10.7. The normalized spacial score (nSPS) is 13.9. The van der Waals surface area contributed by atoms with Gasteiger partial charge in [0, 0.05) is 12.8 Å². The summed E-state index contributed by atoms with van der Waals surface area (Å²) in [5.41, 5.74) is 0.791. The number of ether oxygens (including phenoxy) is 1. The highest BCUT2D eigenvalue weighted by Crippen LogP contribution is 2.22. The van der Waals surface area contributed by atoms with Crippen LogP contribution in [0.1, 0.15) is 18.6 Å². The van der Waals surface area contributed by atoms with Crippen molar-refractivity contribution in [1.29, 1.82) is 0 Å². The van der Waals surface area contributed by atoms with Crippen LogP contribution in [0.3, 0.4) is 0 Å². The molecule has 0 aliphatic rings. The first-order valence-electron chi connectivity index (χ1n) is 5.14. The van der Waals surface area contributed by atoms with Gasteiger partial charge in [-0.15, -0.1) is 6.58 Å². The topological polar surface area (TPSA) is 46.5 Å². The van der Waals surface area contributed by atoms with Crippen LogP contribution in [0.25, 0.3) is 0 Å². The fourth-order valence-electron chi connectivity index (χ4n) is 1.40. The van der Waals surface area contributed by atoms with Gasteiger partial charge in [-0.1, -0.05) is 36.4 Å². The van der Waals surface area contributed by atoms with E-state index in [9.17, 15) is 9.90 Å². The van der Waals surface area contributed by atoms with Gasteiger partial charge in [-0.25, -0.2) is 0 Å². The highest BCUT2D eigenvalue weighted by atomic mass is 16.5. The van der Waals surface area contributed by atoms with E-state index in [0.717, 1.165) is 5.56 Å². The minimum absolute atomic E-state index is 0.148. The molecular formula is C13H16O3. The molecule has 1 N–H and O–H groups in total. The molecule has 0 aliphatic carbocycles. The fourth-order valence-corrected chi connectivity index (χ4v) is 1.40. The second-order valence-corrected chi connectivity index (χ2v) is 3.56. The average molecular weight is 220 g/mol. The van der Waals surface area contributed by atoms with Crippen LogP contribution in [-0.4, -0.2) is 17.7 Å². The second kappa shape index (κ2) is 6.08. The van der Waals surface area contributed by atoms with Gasteiger partial charge in [0.25, 0.3) is 0 Å². The molecule has 3 heteroatoms. The van der Waals surface area contributed by atoms with E-state index in [1.54, 1.807) is 6.08 Å². The highest BCUT2D eigenvalue weighted by molar-refractivity contribution is 5.65. The molecule has 0 bridgehead atoms. The number of rotatable bonds is 5. The van der Waals surface area contributed by atoms with Gasteiger partial charge in [-0.3, -0.25) is 4.79 Å². The summed E-state index contributed by atoms with van der Waals surface area (Å²) >= 11 is 0. The maximum Gasteiger partial charge on any atom is 0.302 e. The van der Waals surface area contributed by atoms with Crippen molar-refractivity contribution in [3.8, 4) is 0 Å². The van der Waals surface area contributed by atoms with Crippen LogP contribution in [0.2, 0.25) is 0 Å². The van der Waals surface area contributed by atoms with Gasteiger partial charge in [-0.2, -0.15) is 0 Å². The molecule has 0 aromatic heterocycles. The van der Waals surface area contributed by atoms with Crippen molar-refractivity contribution in [2.75, 3.05) is 6.61 Å². The molecule has 16 heavy (non-hydrogen) atoms. The van der Waals surface area contributed by atoms with E-state index in [-0.39, 0.29) is 18.5 Å². The van der Waals surface area contributed by atoms with Crippen molar-refractivity contribution in [1.82, 2.24) is 0 Å². The van der Waals surface area contributed by atoms with Crippen LogP contribution in [0.5, 0.6) is 0 Å². The maximum absolute atomic E-state index is 10.7. The van der Waals surface area contributed by atoms with Gasteiger partial charge in [0.1, 0.15) is 6.61 Å². The van der Waals surface area contributed by atoms with Crippen LogP contribution in [0, 0.1) is 5.92 Å². The molecule has 3 nitrogen and oxygen atoms in total. The third-order valence-electron chi connectivity index (χ3n) is 2.33. The molecule has 0 radical (unpaired) electrons. The molecule has 0 amide bonds. The Bertz CT molecular complexity index is 345. The standard InChI is InChI=1S/C13H16O3/c1-3-11(9-16-10(2)14)13(15)12-7-5-4-6-8-12/h3-8,11,13,15H,1,9H2,2H3/t11-,13-/m0/s1. The van der Waals surface area contributed by atoms with E-state index >= 15 is 0 Å². The molecule has 1 aromatic carbocycles. The molecular weight excluding hydrogens is 204 g/mol. The Kier molecular flexibility index (Phi) is 4.73. The first-order valence-corrected chi connectivity index (χ1v) is 5.14. The third kappa shape index (κ3) is 3.51. The molecule has 1 rings (SSSR count). The Morgan fingerprint density at radius 3 is 2.62 bits per heavy atom. The summed E-state index contributed by atoms with van der Waals surface area (Å²) in [6.45, 7) is 5.12. The molecule has 2 atom stereocenters. The summed E-state index contributed by atoms with van der Waals surface area (Å²) < 4.78 is 4.87. The van der Waals surface area contributed by atoms with Crippen molar-refractivity contribution >= 4 is 5.97 Å². The molecule has 0 aliphatic heterocycles. The number of hydrogen-bond acceptors (Lipinski definition) is 3. The lowest BCUT2D eigenvalue weighted by atomic mass is 9.96. The zero-order valence-electron chi connectivity index (χ0n) is 9.30. The summed E-state index contributed by atoms with van der Waals surface area (Å²) in [6, 6.07) is 9.24. The number of esters is 1. The van der Waals surface area contributed by atoms with Crippen molar-refractivity contribution in [2.24, 2.45) is 5.92 Å². The number of carbonyl (C=O) groups excluding carboxylic acids is 1. The maximum atomic E-state index is 10.7. The summed E-state index contributed by atoms with van der Waals surface area (Å²) in [5, 5.41) is 10.0. The van der Waals surface area contributed by atoms with E-state index in [1.807, 2.05) is 30.3 Å². The number of benzene rings is 1. The Hall–Kier alpha value is -1.61. The fraction of sp³-hybridized carbons (Fsp3) is 0.308. The number of aliphatic hydroxyl groups excluding tert-OH is 1. The zero-order valence-corrected chi connectivity index (χ0v) is 9.30. The van der Waals surface area contributed by atoms with Crippen molar-refractivity contribution in [2.45, 2.75) is 13.0 Å². The Labute approximate surface area is 95.4 Å². The summed E-state index contributed by atoms with van der Waals surface area (Å²) in [6.07, 6.45) is 0.902. The Balaban J connectivity index is 2.66. The molecule has 0 unspecified atom stereocenters. The number of aliphatic hydroxyl groups is 1. The number of carbonyl (C=O) groups is 1. The SMILES string of the molecule is C=C[C@@H](COC(C)=O)[C@H](O)c1ccccc1. The molecule has 0 saturated carbocycles. The van der Waals surface area contributed by atoms with Gasteiger partial charge in [0.2, 0.25) is 0 Å². The lowest BCUT2D eigenvalue weighted by Crippen LogP contribution is -2.17. The second-order valence-electron chi connectivity index (χ2n) is 3.56. The zero-order chi connectivity index (χ0) is 12.0. The van der Waals surface area contributed by atoms with Crippen molar-refractivity contribution < 1.29 is 14.6 Å². The van der Waals surface area contributed by atoms with E-state index in [4.69, 9.17) is 4.74 Å². The molecule has 0 fully saturated rings. The average Bonchev–Trinajstić information content (AvgIpc) is 2.30. The lowest BCUT2D eigenvalue weighted by Gasteiger charge is -2.19. The van der Waals surface area contributed by atoms with Gasteiger partial charge in [0.05, 0.1) is 6.10 Å². The predicted octanol–water partition coefficient (Wildman–Crippen LogP) is 2.09. The molecule has 86 valence electrons. The van der Waals surface area contributed by atoms with E-state index < -0.39 is 6.10 Å². The van der Waals surface area contributed by atoms with Crippen molar-refractivity contribution in [3.05, 3.63) is 48.6 Å².